The molecule has 1 fully saturated rings. The highest BCUT2D eigenvalue weighted by molar-refractivity contribution is 9.10. The number of rotatable bonds is 8. The first-order chi connectivity index (χ1) is 17.4. The first-order valence-corrected chi connectivity index (χ1v) is 12.7. The van der Waals surface area contributed by atoms with E-state index in [-0.39, 0.29) is 24.5 Å². The molecule has 3 aromatic rings. The molecular weight excluding hydrogens is 542 g/mol. The Bertz CT molecular complexity index is 1310. The SMILES string of the molecule is COc1cc(/C=C2/SC(=Nc3ccc(Br)cc3)NC2=O)ccc1OCC(=O)NC(C)c1ccccc1. The molecule has 0 bridgehead atoms. The number of methoxy groups -OCH3 is 1. The number of aliphatic imine (C=N–C) groups is 1. The van der Waals surface area contributed by atoms with Crippen molar-refractivity contribution in [2.45, 2.75) is 13.0 Å². The summed E-state index contributed by atoms with van der Waals surface area (Å²) in [6.07, 6.45) is 1.75. The van der Waals surface area contributed by atoms with Crippen LogP contribution in [0.15, 0.2) is 87.2 Å². The molecule has 4 rings (SSSR count). The third-order valence-corrected chi connectivity index (χ3v) is 6.67. The molecule has 2 N–H and O–H groups in total. The molecule has 0 spiro atoms. The van der Waals surface area contributed by atoms with E-state index < -0.39 is 0 Å². The molecular formula is C27H24BrN3O4S. The van der Waals surface area contributed by atoms with Crippen molar-refractivity contribution in [1.82, 2.24) is 10.6 Å². The summed E-state index contributed by atoms with van der Waals surface area (Å²) in [7, 11) is 1.52. The number of carbonyl (C=O) groups is 2. The van der Waals surface area contributed by atoms with E-state index in [1.54, 1.807) is 24.3 Å². The summed E-state index contributed by atoms with van der Waals surface area (Å²) in [4.78, 5) is 29.8. The topological polar surface area (TPSA) is 89.0 Å². The Morgan fingerprint density at radius 2 is 1.86 bits per heavy atom. The maximum Gasteiger partial charge on any atom is 0.264 e. The number of nitrogens with zero attached hydrogens (tertiary/aromatic N) is 1. The second-order valence-electron chi connectivity index (χ2n) is 7.86. The van der Waals surface area contributed by atoms with Gasteiger partial charge < -0.3 is 20.1 Å². The maximum atomic E-state index is 12.4. The van der Waals surface area contributed by atoms with Gasteiger partial charge in [-0.2, -0.15) is 0 Å². The van der Waals surface area contributed by atoms with Gasteiger partial charge in [0.15, 0.2) is 23.3 Å². The van der Waals surface area contributed by atoms with Crippen molar-refractivity contribution in [1.29, 1.82) is 0 Å². The number of hydrogen-bond acceptors (Lipinski definition) is 6. The lowest BCUT2D eigenvalue weighted by atomic mass is 10.1. The van der Waals surface area contributed by atoms with Gasteiger partial charge in [0.1, 0.15) is 0 Å². The third-order valence-electron chi connectivity index (χ3n) is 5.23. The van der Waals surface area contributed by atoms with Crippen molar-refractivity contribution in [2.24, 2.45) is 4.99 Å². The molecule has 1 aliphatic heterocycles. The summed E-state index contributed by atoms with van der Waals surface area (Å²) < 4.78 is 12.1. The van der Waals surface area contributed by atoms with Gasteiger partial charge in [-0.1, -0.05) is 52.3 Å². The van der Waals surface area contributed by atoms with Crippen molar-refractivity contribution in [2.75, 3.05) is 13.7 Å². The standard InChI is InChI=1S/C27H24BrN3O4S/c1-17(19-6-4-3-5-7-19)29-25(32)16-35-22-13-8-18(14-23(22)34-2)15-24-26(33)31-27(36-24)30-21-11-9-20(28)10-12-21/h3-15,17H,16H2,1-2H3,(H,29,32)(H,30,31,33)/b24-15+. The summed E-state index contributed by atoms with van der Waals surface area (Å²) in [6, 6.07) is 22.3. The van der Waals surface area contributed by atoms with Gasteiger partial charge >= 0.3 is 0 Å². The number of halogens is 1. The van der Waals surface area contributed by atoms with Crippen LogP contribution in [0.1, 0.15) is 24.1 Å². The van der Waals surface area contributed by atoms with E-state index in [9.17, 15) is 9.59 Å². The number of hydrogen-bond donors (Lipinski definition) is 2. The van der Waals surface area contributed by atoms with Gasteiger partial charge in [0.25, 0.3) is 11.8 Å². The van der Waals surface area contributed by atoms with Gasteiger partial charge in [0, 0.05) is 4.47 Å². The van der Waals surface area contributed by atoms with E-state index in [4.69, 9.17) is 9.47 Å². The molecule has 0 aliphatic carbocycles. The molecule has 1 saturated heterocycles. The largest absolute Gasteiger partial charge is 0.493 e. The Morgan fingerprint density at radius 3 is 2.58 bits per heavy atom. The summed E-state index contributed by atoms with van der Waals surface area (Å²) in [6.45, 7) is 1.77. The second kappa shape index (κ2) is 11.9. The van der Waals surface area contributed by atoms with Crippen molar-refractivity contribution >= 4 is 56.4 Å². The van der Waals surface area contributed by atoms with Crippen LogP contribution >= 0.6 is 27.7 Å². The van der Waals surface area contributed by atoms with Gasteiger partial charge in [-0.3, -0.25) is 9.59 Å². The fourth-order valence-electron chi connectivity index (χ4n) is 3.41. The van der Waals surface area contributed by atoms with Gasteiger partial charge in [-0.25, -0.2) is 4.99 Å². The molecule has 1 atom stereocenters. The van der Waals surface area contributed by atoms with Crippen molar-refractivity contribution in [3.8, 4) is 11.5 Å². The number of carbonyl (C=O) groups excluding carboxylic acids is 2. The van der Waals surface area contributed by atoms with Crippen molar-refractivity contribution in [3.63, 3.8) is 0 Å². The lowest BCUT2D eigenvalue weighted by Crippen LogP contribution is -2.31. The number of amidine groups is 1. The molecule has 1 unspecified atom stereocenters. The average molecular weight is 566 g/mol. The Morgan fingerprint density at radius 1 is 1.11 bits per heavy atom. The van der Waals surface area contributed by atoms with Crippen LogP contribution in [-0.2, 0) is 9.59 Å². The van der Waals surface area contributed by atoms with Crippen LogP contribution in [0.3, 0.4) is 0 Å². The third kappa shape index (κ3) is 6.77. The average Bonchev–Trinajstić information content (AvgIpc) is 3.23. The fraction of sp³-hybridized carbons (Fsp3) is 0.148. The van der Waals surface area contributed by atoms with E-state index in [2.05, 4.69) is 31.6 Å². The summed E-state index contributed by atoms with van der Waals surface area (Å²) in [5.41, 5.74) is 2.51. The monoisotopic (exact) mass is 565 g/mol. The van der Waals surface area contributed by atoms with Gasteiger partial charge in [-0.15, -0.1) is 0 Å². The van der Waals surface area contributed by atoms with E-state index in [0.717, 1.165) is 21.3 Å². The van der Waals surface area contributed by atoms with Crippen LogP contribution in [0, 0.1) is 0 Å². The minimum Gasteiger partial charge on any atom is -0.493 e. The summed E-state index contributed by atoms with van der Waals surface area (Å²) in [5, 5.41) is 6.21. The predicted molar refractivity (Wildman–Crippen MR) is 146 cm³/mol. The van der Waals surface area contributed by atoms with Crippen LogP contribution in [-0.4, -0.2) is 30.7 Å². The number of thioether (sulfide) groups is 1. The Balaban J connectivity index is 1.39. The number of ether oxygens (including phenoxy) is 2. The molecule has 2 amide bonds. The minimum atomic E-state index is -0.240. The highest BCUT2D eigenvalue weighted by Crippen LogP contribution is 2.32. The quantitative estimate of drug-likeness (QED) is 0.347. The summed E-state index contributed by atoms with van der Waals surface area (Å²) >= 11 is 4.66. The predicted octanol–water partition coefficient (Wildman–Crippen LogP) is 5.61. The van der Waals surface area contributed by atoms with Gasteiger partial charge in [0.2, 0.25) is 0 Å². The van der Waals surface area contributed by atoms with Crippen LogP contribution in [0.2, 0.25) is 0 Å². The molecule has 7 nitrogen and oxygen atoms in total. The smallest absolute Gasteiger partial charge is 0.264 e. The lowest BCUT2D eigenvalue weighted by Gasteiger charge is -2.15. The molecule has 0 aromatic heterocycles. The first kappa shape index (κ1) is 25.5. The van der Waals surface area contributed by atoms with Crippen molar-refractivity contribution < 1.29 is 19.1 Å². The normalized spacial score (nSPS) is 16.0. The lowest BCUT2D eigenvalue weighted by molar-refractivity contribution is -0.123. The highest BCUT2D eigenvalue weighted by atomic mass is 79.9. The number of amides is 2. The minimum absolute atomic E-state index is 0.134. The molecule has 184 valence electrons. The maximum absolute atomic E-state index is 12.4. The Hall–Kier alpha value is -3.56. The zero-order chi connectivity index (χ0) is 25.5. The molecule has 36 heavy (non-hydrogen) atoms. The van der Waals surface area contributed by atoms with E-state index in [0.29, 0.717) is 21.6 Å². The Labute approximate surface area is 222 Å². The zero-order valence-corrected chi connectivity index (χ0v) is 22.1. The number of nitrogens with one attached hydrogen (secondary N) is 2. The molecule has 9 heteroatoms. The second-order valence-corrected chi connectivity index (χ2v) is 9.80. The van der Waals surface area contributed by atoms with Crippen LogP contribution in [0.4, 0.5) is 5.69 Å². The molecule has 1 aliphatic rings. The molecule has 0 saturated carbocycles. The first-order valence-electron chi connectivity index (χ1n) is 11.1. The van der Waals surface area contributed by atoms with Crippen LogP contribution in [0.5, 0.6) is 11.5 Å². The molecule has 3 aromatic carbocycles. The van der Waals surface area contributed by atoms with Crippen LogP contribution in [0.25, 0.3) is 6.08 Å². The van der Waals surface area contributed by atoms with Gasteiger partial charge in [-0.05, 0) is 72.3 Å². The van der Waals surface area contributed by atoms with E-state index >= 15 is 0 Å². The zero-order valence-electron chi connectivity index (χ0n) is 19.7. The summed E-state index contributed by atoms with van der Waals surface area (Å²) in [5.74, 6) is 0.430. The highest BCUT2D eigenvalue weighted by Gasteiger charge is 2.24. The van der Waals surface area contributed by atoms with E-state index in [1.165, 1.54) is 18.9 Å². The fourth-order valence-corrected chi connectivity index (χ4v) is 4.52. The van der Waals surface area contributed by atoms with Gasteiger partial charge in [0.05, 0.1) is 23.7 Å². The number of benzene rings is 3. The van der Waals surface area contributed by atoms with Crippen molar-refractivity contribution in [3.05, 3.63) is 93.3 Å². The molecule has 1 heterocycles. The van der Waals surface area contributed by atoms with Crippen LogP contribution < -0.4 is 20.1 Å². The van der Waals surface area contributed by atoms with E-state index in [1.807, 2.05) is 61.5 Å². The molecule has 0 radical (unpaired) electrons. The Kier molecular flexibility index (Phi) is 8.45.